The SMILES string of the molecule is N#CCCn1cc(/C=C/C(=O)NC2CCCc3c2cnn3Cc2ccccc2)c2ccccc21. The molecule has 2 heterocycles. The van der Waals surface area contributed by atoms with Gasteiger partial charge in [-0.2, -0.15) is 10.4 Å². The van der Waals surface area contributed by atoms with Gasteiger partial charge in [0.25, 0.3) is 0 Å². The van der Waals surface area contributed by atoms with Gasteiger partial charge in [-0.25, -0.2) is 0 Å². The molecule has 1 aliphatic carbocycles. The summed E-state index contributed by atoms with van der Waals surface area (Å²) in [6.45, 7) is 1.38. The van der Waals surface area contributed by atoms with Crippen LogP contribution in [0.5, 0.6) is 0 Å². The van der Waals surface area contributed by atoms with E-state index >= 15 is 0 Å². The van der Waals surface area contributed by atoms with Crippen LogP contribution in [0.4, 0.5) is 0 Å². The molecular weight excluding hydrogens is 422 g/mol. The molecule has 0 saturated heterocycles. The molecule has 5 rings (SSSR count). The maximum Gasteiger partial charge on any atom is 0.244 e. The van der Waals surface area contributed by atoms with Crippen LogP contribution < -0.4 is 5.32 Å². The second-order valence-corrected chi connectivity index (χ2v) is 8.68. The summed E-state index contributed by atoms with van der Waals surface area (Å²) in [4.78, 5) is 12.8. The minimum Gasteiger partial charge on any atom is -0.346 e. The highest BCUT2D eigenvalue weighted by molar-refractivity contribution is 5.96. The molecule has 0 bridgehead atoms. The van der Waals surface area contributed by atoms with Gasteiger partial charge in [0.15, 0.2) is 0 Å². The molecule has 170 valence electrons. The quantitative estimate of drug-likeness (QED) is 0.403. The first-order chi connectivity index (χ1) is 16.7. The van der Waals surface area contributed by atoms with Crippen molar-refractivity contribution in [2.75, 3.05) is 0 Å². The molecule has 1 unspecified atom stereocenters. The van der Waals surface area contributed by atoms with Crippen LogP contribution in [0.3, 0.4) is 0 Å². The number of fused-ring (bicyclic) bond motifs is 2. The van der Waals surface area contributed by atoms with Crippen molar-refractivity contribution in [1.29, 1.82) is 5.26 Å². The zero-order valence-electron chi connectivity index (χ0n) is 19.0. The van der Waals surface area contributed by atoms with Crippen LogP contribution in [0.25, 0.3) is 17.0 Å². The number of nitrogens with one attached hydrogen (secondary N) is 1. The fourth-order valence-corrected chi connectivity index (χ4v) is 4.81. The summed E-state index contributed by atoms with van der Waals surface area (Å²) in [6, 6.07) is 20.6. The third-order valence-corrected chi connectivity index (χ3v) is 6.45. The van der Waals surface area contributed by atoms with Crippen LogP contribution >= 0.6 is 0 Å². The van der Waals surface area contributed by atoms with Gasteiger partial charge in [-0.15, -0.1) is 0 Å². The van der Waals surface area contributed by atoms with Crippen molar-refractivity contribution < 1.29 is 4.79 Å². The van der Waals surface area contributed by atoms with Crippen molar-refractivity contribution in [2.45, 2.75) is 44.8 Å². The summed E-state index contributed by atoms with van der Waals surface area (Å²) >= 11 is 0. The van der Waals surface area contributed by atoms with Crippen LogP contribution in [-0.2, 0) is 24.3 Å². The number of para-hydroxylation sites is 1. The number of aryl methyl sites for hydroxylation is 1. The van der Waals surface area contributed by atoms with Crippen molar-refractivity contribution in [1.82, 2.24) is 19.7 Å². The lowest BCUT2D eigenvalue weighted by atomic mass is 9.93. The number of nitriles is 1. The second-order valence-electron chi connectivity index (χ2n) is 8.68. The molecule has 2 aromatic heterocycles. The molecule has 6 heteroatoms. The molecule has 0 radical (unpaired) electrons. The molecule has 0 saturated carbocycles. The maximum atomic E-state index is 12.8. The van der Waals surface area contributed by atoms with Gasteiger partial charge < -0.3 is 9.88 Å². The molecule has 4 aromatic rings. The summed E-state index contributed by atoms with van der Waals surface area (Å²) in [5.74, 6) is -0.109. The number of nitrogens with zero attached hydrogens (tertiary/aromatic N) is 4. The first-order valence-electron chi connectivity index (χ1n) is 11.7. The fraction of sp³-hybridized carbons (Fsp3) is 0.250. The summed E-state index contributed by atoms with van der Waals surface area (Å²) < 4.78 is 4.14. The number of rotatable bonds is 7. The Bertz CT molecular complexity index is 1370. The van der Waals surface area contributed by atoms with Gasteiger partial charge in [0, 0.05) is 46.5 Å². The van der Waals surface area contributed by atoms with Crippen LogP contribution in [-0.4, -0.2) is 20.3 Å². The van der Waals surface area contributed by atoms with E-state index in [1.54, 1.807) is 6.08 Å². The number of carbonyl (C=O) groups is 1. The second kappa shape index (κ2) is 9.80. The molecule has 0 aliphatic heterocycles. The summed E-state index contributed by atoms with van der Waals surface area (Å²) in [7, 11) is 0. The van der Waals surface area contributed by atoms with Crippen LogP contribution in [0.1, 0.15) is 47.7 Å². The largest absolute Gasteiger partial charge is 0.346 e. The lowest BCUT2D eigenvalue weighted by molar-refractivity contribution is -0.117. The fourth-order valence-electron chi connectivity index (χ4n) is 4.81. The zero-order chi connectivity index (χ0) is 23.3. The number of hydrogen-bond donors (Lipinski definition) is 1. The zero-order valence-corrected chi connectivity index (χ0v) is 19.0. The van der Waals surface area contributed by atoms with Crippen LogP contribution in [0.2, 0.25) is 0 Å². The molecule has 1 N–H and O–H groups in total. The normalized spacial score (nSPS) is 15.3. The van der Waals surface area contributed by atoms with E-state index in [1.807, 2.05) is 60.9 Å². The maximum absolute atomic E-state index is 12.8. The number of aromatic nitrogens is 3. The van der Waals surface area contributed by atoms with Gasteiger partial charge in [-0.3, -0.25) is 9.48 Å². The van der Waals surface area contributed by atoms with E-state index in [9.17, 15) is 4.79 Å². The predicted octanol–water partition coefficient (Wildman–Crippen LogP) is 5.01. The van der Waals surface area contributed by atoms with Crippen molar-refractivity contribution in [3.63, 3.8) is 0 Å². The molecule has 34 heavy (non-hydrogen) atoms. The van der Waals surface area contributed by atoms with Gasteiger partial charge in [0.2, 0.25) is 5.91 Å². The van der Waals surface area contributed by atoms with E-state index in [0.29, 0.717) is 13.0 Å². The van der Waals surface area contributed by atoms with E-state index in [-0.39, 0.29) is 11.9 Å². The Morgan fingerprint density at radius 1 is 1.18 bits per heavy atom. The summed E-state index contributed by atoms with van der Waals surface area (Å²) in [5.41, 5.74) is 5.60. The Morgan fingerprint density at radius 3 is 2.85 bits per heavy atom. The van der Waals surface area contributed by atoms with Gasteiger partial charge in [0.1, 0.15) is 0 Å². The Balaban J connectivity index is 1.30. The average Bonchev–Trinajstić information content (AvgIpc) is 3.44. The Morgan fingerprint density at radius 2 is 2.00 bits per heavy atom. The van der Waals surface area contributed by atoms with Crippen molar-refractivity contribution in [3.05, 3.63) is 95.5 Å². The Labute approximate surface area is 199 Å². The Kier molecular flexibility index (Phi) is 6.26. The predicted molar refractivity (Wildman–Crippen MR) is 133 cm³/mol. The number of carbonyl (C=O) groups excluding carboxylic acids is 1. The highest BCUT2D eigenvalue weighted by atomic mass is 16.1. The van der Waals surface area contributed by atoms with Crippen molar-refractivity contribution in [2.24, 2.45) is 0 Å². The first-order valence-corrected chi connectivity index (χ1v) is 11.7. The third-order valence-electron chi connectivity index (χ3n) is 6.45. The first kappa shape index (κ1) is 21.7. The lowest BCUT2D eigenvalue weighted by Gasteiger charge is -2.23. The highest BCUT2D eigenvalue weighted by Crippen LogP contribution is 2.30. The topological polar surface area (TPSA) is 75.6 Å². The van der Waals surface area contributed by atoms with Gasteiger partial charge >= 0.3 is 0 Å². The molecule has 6 nitrogen and oxygen atoms in total. The van der Waals surface area contributed by atoms with E-state index in [4.69, 9.17) is 5.26 Å². The Hall–Kier alpha value is -4.11. The third kappa shape index (κ3) is 4.51. The van der Waals surface area contributed by atoms with Crippen molar-refractivity contribution in [3.8, 4) is 6.07 Å². The highest BCUT2D eigenvalue weighted by Gasteiger charge is 2.25. The van der Waals surface area contributed by atoms with Crippen LogP contribution in [0, 0.1) is 11.3 Å². The van der Waals surface area contributed by atoms with E-state index in [2.05, 4.69) is 37.9 Å². The van der Waals surface area contributed by atoms with Crippen LogP contribution in [0.15, 0.2) is 73.1 Å². The molecule has 1 aliphatic rings. The van der Waals surface area contributed by atoms with E-state index < -0.39 is 0 Å². The monoisotopic (exact) mass is 449 g/mol. The molecular formula is C28H27N5O. The number of hydrogen-bond acceptors (Lipinski definition) is 3. The lowest BCUT2D eigenvalue weighted by Crippen LogP contribution is -2.29. The van der Waals surface area contributed by atoms with Gasteiger partial charge in [-0.1, -0.05) is 48.5 Å². The average molecular weight is 450 g/mol. The minimum absolute atomic E-state index is 0.0256. The molecule has 1 amide bonds. The standard InChI is InChI=1S/C28H27N5O/c29-16-7-17-32-20-22(23-10-4-5-12-26(23)32)14-15-28(34)31-25-11-6-13-27-24(25)18-30-33(27)19-21-8-2-1-3-9-21/h1-5,8-10,12,14-15,18,20,25H,6-7,11,13,17,19H2,(H,31,34)/b15-14+. The summed E-state index contributed by atoms with van der Waals surface area (Å²) in [6.07, 6.45) is 10.8. The molecule has 0 spiro atoms. The smallest absolute Gasteiger partial charge is 0.244 e. The van der Waals surface area contributed by atoms with Gasteiger partial charge in [-0.05, 0) is 37.0 Å². The molecule has 2 aromatic carbocycles. The van der Waals surface area contributed by atoms with Gasteiger partial charge in [0.05, 0.1) is 31.3 Å². The molecule has 1 atom stereocenters. The number of benzene rings is 2. The number of amides is 1. The van der Waals surface area contributed by atoms with E-state index in [0.717, 1.165) is 47.8 Å². The summed E-state index contributed by atoms with van der Waals surface area (Å²) in [5, 5.41) is 17.8. The molecule has 0 fully saturated rings. The van der Waals surface area contributed by atoms with E-state index in [1.165, 1.54) is 11.3 Å². The van der Waals surface area contributed by atoms with Crippen molar-refractivity contribution >= 4 is 22.9 Å². The minimum atomic E-state index is -0.109.